The van der Waals surface area contributed by atoms with Gasteiger partial charge < -0.3 is 15.4 Å². The minimum absolute atomic E-state index is 0.0983. The monoisotopic (exact) mass is 340 g/mol. The summed E-state index contributed by atoms with van der Waals surface area (Å²) in [6, 6.07) is 8.15. The van der Waals surface area contributed by atoms with Crippen molar-refractivity contribution in [1.29, 1.82) is 0 Å². The minimum Gasteiger partial charge on any atom is -0.368 e. The molecule has 1 aliphatic carbocycles. The second kappa shape index (κ2) is 7.76. The van der Waals surface area contributed by atoms with Crippen LogP contribution in [0.2, 0.25) is 0 Å². The van der Waals surface area contributed by atoms with Crippen LogP contribution in [-0.4, -0.2) is 31.7 Å². The molecular weight excluding hydrogens is 320 g/mol. The Kier molecular flexibility index (Phi) is 6.01. The van der Waals surface area contributed by atoms with E-state index in [-0.39, 0.29) is 18.6 Å². The van der Waals surface area contributed by atoms with Gasteiger partial charge in [0, 0.05) is 16.2 Å². The van der Waals surface area contributed by atoms with E-state index in [1.54, 1.807) is 0 Å². The van der Waals surface area contributed by atoms with E-state index in [2.05, 4.69) is 26.6 Å². The lowest BCUT2D eigenvalue weighted by Gasteiger charge is -2.28. The first kappa shape index (κ1) is 15.5. The van der Waals surface area contributed by atoms with Gasteiger partial charge in [-0.25, -0.2) is 0 Å². The van der Waals surface area contributed by atoms with Gasteiger partial charge >= 0.3 is 0 Å². The van der Waals surface area contributed by atoms with Crippen LogP contribution >= 0.6 is 15.9 Å². The predicted octanol–water partition coefficient (Wildman–Crippen LogP) is 2.93. The van der Waals surface area contributed by atoms with Crippen molar-refractivity contribution >= 4 is 27.5 Å². The third-order valence-corrected chi connectivity index (χ3v) is 4.13. The van der Waals surface area contributed by atoms with Crippen molar-refractivity contribution < 1.29 is 9.53 Å². The van der Waals surface area contributed by atoms with E-state index in [4.69, 9.17) is 4.74 Å². The molecule has 1 fully saturated rings. The molecule has 0 spiro atoms. The lowest BCUT2D eigenvalue weighted by atomic mass is 9.93. The predicted molar refractivity (Wildman–Crippen MR) is 83.8 cm³/mol. The van der Waals surface area contributed by atoms with Crippen molar-refractivity contribution in [2.24, 2.45) is 0 Å². The molecule has 1 aromatic rings. The first-order valence-corrected chi connectivity index (χ1v) is 7.81. The van der Waals surface area contributed by atoms with Gasteiger partial charge in [0.2, 0.25) is 5.91 Å². The maximum absolute atomic E-state index is 11.8. The molecule has 1 saturated carbocycles. The number of carbonyl (C=O) groups excluding carboxylic acids is 1. The number of hydrogen-bond donors (Lipinski definition) is 2. The normalized spacial score (nSPS) is 22.5. The fourth-order valence-electron chi connectivity index (χ4n) is 2.48. The Morgan fingerprint density at radius 3 is 2.75 bits per heavy atom. The van der Waals surface area contributed by atoms with Crippen LogP contribution in [0, 0.1) is 0 Å². The summed E-state index contributed by atoms with van der Waals surface area (Å²) in [6.07, 6.45) is 4.50. The number of ether oxygens (including phenoxy) is 1. The highest BCUT2D eigenvalue weighted by Gasteiger charge is 2.21. The number of rotatable bonds is 5. The van der Waals surface area contributed by atoms with Crippen LogP contribution in [0.15, 0.2) is 28.7 Å². The maximum atomic E-state index is 11.8. The van der Waals surface area contributed by atoms with E-state index in [9.17, 15) is 4.79 Å². The SMILES string of the molecule is CNC1CCC(OCC(=O)Nc2cccc(Br)c2)CC1. The van der Waals surface area contributed by atoms with Crippen molar-refractivity contribution in [3.8, 4) is 0 Å². The number of carbonyl (C=O) groups is 1. The van der Waals surface area contributed by atoms with Crippen LogP contribution in [0.5, 0.6) is 0 Å². The number of halogens is 1. The third-order valence-electron chi connectivity index (χ3n) is 3.64. The van der Waals surface area contributed by atoms with Gasteiger partial charge in [-0.3, -0.25) is 4.79 Å². The fourth-order valence-corrected chi connectivity index (χ4v) is 2.87. The van der Waals surface area contributed by atoms with Crippen molar-refractivity contribution in [2.45, 2.75) is 37.8 Å². The summed E-state index contributed by atoms with van der Waals surface area (Å²) in [5.74, 6) is -0.0983. The summed E-state index contributed by atoms with van der Waals surface area (Å²) in [7, 11) is 2.00. The minimum atomic E-state index is -0.0983. The molecule has 2 N–H and O–H groups in total. The molecule has 0 aliphatic heterocycles. The van der Waals surface area contributed by atoms with E-state index in [0.717, 1.165) is 35.8 Å². The van der Waals surface area contributed by atoms with Crippen molar-refractivity contribution in [1.82, 2.24) is 5.32 Å². The average molecular weight is 341 g/mol. The van der Waals surface area contributed by atoms with Gasteiger partial charge in [0.1, 0.15) is 6.61 Å². The van der Waals surface area contributed by atoms with Gasteiger partial charge in [0.15, 0.2) is 0 Å². The maximum Gasteiger partial charge on any atom is 0.250 e. The Morgan fingerprint density at radius 1 is 1.35 bits per heavy atom. The van der Waals surface area contributed by atoms with Gasteiger partial charge in [-0.05, 0) is 50.9 Å². The van der Waals surface area contributed by atoms with Gasteiger partial charge in [-0.1, -0.05) is 22.0 Å². The Balaban J connectivity index is 1.70. The summed E-state index contributed by atoms with van der Waals surface area (Å²) in [6.45, 7) is 0.126. The third kappa shape index (κ3) is 4.89. The molecule has 20 heavy (non-hydrogen) atoms. The van der Waals surface area contributed by atoms with Crippen LogP contribution in [0.25, 0.3) is 0 Å². The van der Waals surface area contributed by atoms with Crippen molar-refractivity contribution in [3.63, 3.8) is 0 Å². The molecular formula is C15H21BrN2O2. The first-order valence-electron chi connectivity index (χ1n) is 7.01. The number of nitrogens with one attached hydrogen (secondary N) is 2. The number of benzene rings is 1. The van der Waals surface area contributed by atoms with Crippen LogP contribution in [0.3, 0.4) is 0 Å². The van der Waals surface area contributed by atoms with E-state index < -0.39 is 0 Å². The Hall–Kier alpha value is -0.910. The number of amides is 1. The van der Waals surface area contributed by atoms with E-state index in [1.165, 1.54) is 0 Å². The largest absolute Gasteiger partial charge is 0.368 e. The Morgan fingerprint density at radius 2 is 2.10 bits per heavy atom. The molecule has 1 amide bonds. The Bertz CT molecular complexity index is 445. The van der Waals surface area contributed by atoms with E-state index in [1.807, 2.05) is 31.3 Å². The highest BCUT2D eigenvalue weighted by atomic mass is 79.9. The van der Waals surface area contributed by atoms with Crippen molar-refractivity contribution in [3.05, 3.63) is 28.7 Å². The zero-order valence-electron chi connectivity index (χ0n) is 11.7. The van der Waals surface area contributed by atoms with Gasteiger partial charge in [0.25, 0.3) is 0 Å². The topological polar surface area (TPSA) is 50.4 Å². The fraction of sp³-hybridized carbons (Fsp3) is 0.533. The molecule has 1 aromatic carbocycles. The summed E-state index contributed by atoms with van der Waals surface area (Å²) < 4.78 is 6.63. The molecule has 1 aliphatic rings. The van der Waals surface area contributed by atoms with Crippen LogP contribution in [-0.2, 0) is 9.53 Å². The van der Waals surface area contributed by atoms with Gasteiger partial charge in [-0.2, -0.15) is 0 Å². The summed E-state index contributed by atoms with van der Waals surface area (Å²) in [5, 5.41) is 6.12. The second-order valence-electron chi connectivity index (χ2n) is 5.13. The Labute approximate surface area is 128 Å². The molecule has 0 radical (unpaired) electrons. The molecule has 0 atom stereocenters. The number of hydrogen-bond acceptors (Lipinski definition) is 3. The molecule has 0 heterocycles. The number of anilines is 1. The van der Waals surface area contributed by atoms with E-state index >= 15 is 0 Å². The lowest BCUT2D eigenvalue weighted by Crippen LogP contribution is -2.34. The van der Waals surface area contributed by atoms with Crippen LogP contribution in [0.4, 0.5) is 5.69 Å². The van der Waals surface area contributed by atoms with Crippen LogP contribution < -0.4 is 10.6 Å². The molecule has 0 aromatic heterocycles. The highest BCUT2D eigenvalue weighted by molar-refractivity contribution is 9.10. The van der Waals surface area contributed by atoms with Crippen molar-refractivity contribution in [2.75, 3.05) is 19.0 Å². The molecule has 0 saturated heterocycles. The summed E-state index contributed by atoms with van der Waals surface area (Å²) in [5.41, 5.74) is 0.784. The molecule has 0 bridgehead atoms. The summed E-state index contributed by atoms with van der Waals surface area (Å²) in [4.78, 5) is 11.8. The van der Waals surface area contributed by atoms with E-state index in [0.29, 0.717) is 6.04 Å². The zero-order chi connectivity index (χ0) is 14.4. The quantitative estimate of drug-likeness (QED) is 0.866. The van der Waals surface area contributed by atoms with Gasteiger partial charge in [0.05, 0.1) is 6.10 Å². The second-order valence-corrected chi connectivity index (χ2v) is 6.05. The first-order chi connectivity index (χ1) is 9.67. The lowest BCUT2D eigenvalue weighted by molar-refractivity contribution is -0.123. The van der Waals surface area contributed by atoms with Crippen LogP contribution in [0.1, 0.15) is 25.7 Å². The smallest absolute Gasteiger partial charge is 0.250 e. The molecule has 5 heteroatoms. The molecule has 110 valence electrons. The molecule has 0 unspecified atom stereocenters. The average Bonchev–Trinajstić information content (AvgIpc) is 2.46. The standard InChI is InChI=1S/C15H21BrN2O2/c1-17-12-5-7-14(8-6-12)20-10-15(19)18-13-4-2-3-11(16)9-13/h2-4,9,12,14,17H,5-8,10H2,1H3,(H,18,19). The summed E-state index contributed by atoms with van der Waals surface area (Å²) >= 11 is 3.38. The zero-order valence-corrected chi connectivity index (χ0v) is 13.3. The molecule has 4 nitrogen and oxygen atoms in total. The molecule has 2 rings (SSSR count). The highest BCUT2D eigenvalue weighted by Crippen LogP contribution is 2.21. The van der Waals surface area contributed by atoms with Gasteiger partial charge in [-0.15, -0.1) is 0 Å².